The van der Waals surface area contributed by atoms with Crippen molar-refractivity contribution >= 4 is 39.1 Å². The van der Waals surface area contributed by atoms with Gasteiger partial charge in [-0.05, 0) is 61.6 Å². The number of methoxy groups -OCH3 is 1. The van der Waals surface area contributed by atoms with Crippen molar-refractivity contribution in [1.29, 1.82) is 0 Å². The molecule has 3 aromatic carbocycles. The molecule has 0 radical (unpaired) electrons. The van der Waals surface area contributed by atoms with Gasteiger partial charge in [0.05, 0.1) is 22.7 Å². The van der Waals surface area contributed by atoms with Gasteiger partial charge in [-0.3, -0.25) is 13.9 Å². The molecule has 42 heavy (non-hydrogen) atoms. The molecule has 10 heteroatoms. The maximum atomic E-state index is 14.2. The van der Waals surface area contributed by atoms with E-state index in [1.165, 1.54) is 30.2 Å². The van der Waals surface area contributed by atoms with E-state index in [4.69, 9.17) is 16.3 Å². The molecule has 0 unspecified atom stereocenters. The van der Waals surface area contributed by atoms with Crippen LogP contribution in [0.5, 0.6) is 5.75 Å². The second-order valence-corrected chi connectivity index (χ2v) is 12.6. The van der Waals surface area contributed by atoms with E-state index < -0.39 is 28.5 Å². The van der Waals surface area contributed by atoms with Gasteiger partial charge in [0.2, 0.25) is 11.8 Å². The first-order chi connectivity index (χ1) is 20.2. The number of hydrogen-bond acceptors (Lipinski definition) is 5. The van der Waals surface area contributed by atoms with Gasteiger partial charge in [0, 0.05) is 12.6 Å². The van der Waals surface area contributed by atoms with Gasteiger partial charge in [-0.2, -0.15) is 0 Å². The first-order valence-electron chi connectivity index (χ1n) is 14.3. The van der Waals surface area contributed by atoms with Crippen LogP contribution in [-0.4, -0.2) is 57.4 Å². The average Bonchev–Trinajstić information content (AvgIpc) is 3.51. The number of rotatable bonds is 13. The van der Waals surface area contributed by atoms with Crippen LogP contribution < -0.4 is 14.4 Å². The molecule has 1 fully saturated rings. The van der Waals surface area contributed by atoms with E-state index in [0.29, 0.717) is 18.6 Å². The number of benzene rings is 3. The Kier molecular flexibility index (Phi) is 10.9. The van der Waals surface area contributed by atoms with E-state index in [-0.39, 0.29) is 34.1 Å². The zero-order valence-corrected chi connectivity index (χ0v) is 25.6. The Morgan fingerprint density at radius 3 is 2.24 bits per heavy atom. The van der Waals surface area contributed by atoms with Crippen LogP contribution in [0, 0.1) is 0 Å². The van der Waals surface area contributed by atoms with Crippen molar-refractivity contribution in [3.63, 3.8) is 0 Å². The molecule has 1 saturated carbocycles. The summed E-state index contributed by atoms with van der Waals surface area (Å²) in [7, 11) is -2.70. The van der Waals surface area contributed by atoms with Crippen molar-refractivity contribution in [2.24, 2.45) is 0 Å². The molecular weight excluding hydrogens is 574 g/mol. The van der Waals surface area contributed by atoms with Gasteiger partial charge in [-0.1, -0.05) is 79.9 Å². The summed E-state index contributed by atoms with van der Waals surface area (Å²) in [6.45, 7) is 1.60. The number of nitrogens with one attached hydrogen (secondary N) is 1. The zero-order valence-electron chi connectivity index (χ0n) is 24.0. The van der Waals surface area contributed by atoms with Crippen molar-refractivity contribution in [3.05, 3.63) is 89.4 Å². The van der Waals surface area contributed by atoms with Crippen LogP contribution >= 0.6 is 11.6 Å². The number of halogens is 1. The molecular formula is C32H38ClN3O5S. The van der Waals surface area contributed by atoms with E-state index in [1.54, 1.807) is 30.3 Å². The maximum Gasteiger partial charge on any atom is 0.264 e. The minimum atomic E-state index is -4.17. The highest BCUT2D eigenvalue weighted by Gasteiger charge is 2.34. The molecule has 4 rings (SSSR count). The van der Waals surface area contributed by atoms with E-state index in [9.17, 15) is 18.0 Å². The summed E-state index contributed by atoms with van der Waals surface area (Å²) in [6.07, 6.45) is 4.87. The third-order valence-corrected chi connectivity index (χ3v) is 9.69. The Hall–Kier alpha value is -3.56. The summed E-state index contributed by atoms with van der Waals surface area (Å²) in [5.41, 5.74) is 1.22. The van der Waals surface area contributed by atoms with Crippen LogP contribution in [0.2, 0.25) is 5.02 Å². The van der Waals surface area contributed by atoms with Gasteiger partial charge in [0.1, 0.15) is 18.3 Å². The lowest BCUT2D eigenvalue weighted by Gasteiger charge is -2.33. The molecule has 2 amide bonds. The second kappa shape index (κ2) is 14.6. The fourth-order valence-electron chi connectivity index (χ4n) is 5.32. The largest absolute Gasteiger partial charge is 0.495 e. The Bertz CT molecular complexity index is 1450. The number of ether oxygens (including phenoxy) is 1. The van der Waals surface area contributed by atoms with Crippen molar-refractivity contribution < 1.29 is 22.7 Å². The molecule has 0 bridgehead atoms. The molecule has 1 N–H and O–H groups in total. The highest BCUT2D eigenvalue weighted by molar-refractivity contribution is 7.92. The van der Waals surface area contributed by atoms with E-state index in [0.717, 1.165) is 35.6 Å². The topological polar surface area (TPSA) is 96.0 Å². The first kappa shape index (κ1) is 31.4. The molecule has 224 valence electrons. The molecule has 8 nitrogen and oxygen atoms in total. The monoisotopic (exact) mass is 611 g/mol. The molecule has 0 heterocycles. The van der Waals surface area contributed by atoms with Gasteiger partial charge in [0.25, 0.3) is 10.0 Å². The smallest absolute Gasteiger partial charge is 0.264 e. The van der Waals surface area contributed by atoms with Gasteiger partial charge >= 0.3 is 0 Å². The van der Waals surface area contributed by atoms with Crippen LogP contribution in [0.1, 0.15) is 44.6 Å². The zero-order chi connectivity index (χ0) is 30.1. The summed E-state index contributed by atoms with van der Waals surface area (Å²) in [5.74, 6) is -0.315. The average molecular weight is 612 g/mol. The minimum Gasteiger partial charge on any atom is -0.495 e. The standard InChI is InChI=1S/C32H38ClN3O5S/c1-3-29(32(38)34-25-14-10-11-15-25)35(21-20-24-12-6-4-7-13-24)31(37)23-36(26-18-19-30(41-2)28(33)22-26)42(39,40)27-16-8-5-9-17-27/h4-9,12-13,16-19,22,25,29H,3,10-11,14-15,20-21,23H2,1-2H3,(H,34,38)/t29-/m0/s1. The fraction of sp³-hybridized carbons (Fsp3) is 0.375. The number of carbonyl (C=O) groups is 2. The quantitative estimate of drug-likeness (QED) is 0.277. The number of sulfonamides is 1. The third-order valence-electron chi connectivity index (χ3n) is 7.61. The molecule has 3 aromatic rings. The summed E-state index contributed by atoms with van der Waals surface area (Å²) in [4.78, 5) is 29.2. The summed E-state index contributed by atoms with van der Waals surface area (Å²) < 4.78 is 34.2. The Labute approximate surface area is 253 Å². The third kappa shape index (κ3) is 7.63. The SMILES string of the molecule is CC[C@@H](C(=O)NC1CCCC1)N(CCc1ccccc1)C(=O)CN(c1ccc(OC)c(Cl)c1)S(=O)(=O)c1ccccc1. The molecule has 0 spiro atoms. The van der Waals surface area contributed by atoms with E-state index in [1.807, 2.05) is 37.3 Å². The van der Waals surface area contributed by atoms with E-state index >= 15 is 0 Å². The predicted molar refractivity (Wildman–Crippen MR) is 165 cm³/mol. The predicted octanol–water partition coefficient (Wildman–Crippen LogP) is 5.45. The van der Waals surface area contributed by atoms with Crippen molar-refractivity contribution in [2.45, 2.75) is 62.4 Å². The summed E-state index contributed by atoms with van der Waals surface area (Å²) in [6, 6.07) is 21.6. The van der Waals surface area contributed by atoms with E-state index in [2.05, 4.69) is 5.32 Å². The lowest BCUT2D eigenvalue weighted by molar-refractivity contribution is -0.139. The lowest BCUT2D eigenvalue weighted by atomic mass is 10.1. The van der Waals surface area contributed by atoms with Gasteiger partial charge in [0.15, 0.2) is 0 Å². The Balaban J connectivity index is 1.69. The normalized spacial score (nSPS) is 14.3. The van der Waals surface area contributed by atoms with Crippen molar-refractivity contribution in [3.8, 4) is 5.75 Å². The molecule has 0 aliphatic heterocycles. The number of nitrogens with zero attached hydrogens (tertiary/aromatic N) is 2. The van der Waals surface area contributed by atoms with Crippen LogP contribution in [0.4, 0.5) is 5.69 Å². The molecule has 1 aliphatic rings. The van der Waals surface area contributed by atoms with Gasteiger partial charge in [-0.15, -0.1) is 0 Å². The lowest BCUT2D eigenvalue weighted by Crippen LogP contribution is -2.54. The van der Waals surface area contributed by atoms with Gasteiger partial charge in [-0.25, -0.2) is 8.42 Å². The van der Waals surface area contributed by atoms with Gasteiger partial charge < -0.3 is 15.0 Å². The fourth-order valence-corrected chi connectivity index (χ4v) is 7.00. The molecule has 0 saturated heterocycles. The van der Waals surface area contributed by atoms with Crippen molar-refractivity contribution in [2.75, 3.05) is 24.5 Å². The molecule has 1 atom stereocenters. The number of amides is 2. The van der Waals surface area contributed by atoms with Crippen molar-refractivity contribution in [1.82, 2.24) is 10.2 Å². The highest BCUT2D eigenvalue weighted by atomic mass is 35.5. The number of anilines is 1. The molecule has 1 aliphatic carbocycles. The number of hydrogen-bond donors (Lipinski definition) is 1. The van der Waals surface area contributed by atoms with Crippen LogP contribution in [-0.2, 0) is 26.0 Å². The highest BCUT2D eigenvalue weighted by Crippen LogP contribution is 2.32. The van der Waals surface area contributed by atoms with Crippen LogP contribution in [0.3, 0.4) is 0 Å². The molecule has 0 aromatic heterocycles. The maximum absolute atomic E-state index is 14.2. The Morgan fingerprint density at radius 1 is 1.00 bits per heavy atom. The Morgan fingerprint density at radius 2 is 1.64 bits per heavy atom. The van der Waals surface area contributed by atoms with Crippen LogP contribution in [0.15, 0.2) is 83.8 Å². The summed E-state index contributed by atoms with van der Waals surface area (Å²) >= 11 is 6.39. The number of carbonyl (C=O) groups excluding carboxylic acids is 2. The first-order valence-corrected chi connectivity index (χ1v) is 16.1. The minimum absolute atomic E-state index is 0.0339. The van der Waals surface area contributed by atoms with Crippen LogP contribution in [0.25, 0.3) is 0 Å². The summed E-state index contributed by atoms with van der Waals surface area (Å²) in [5, 5.41) is 3.34. The second-order valence-electron chi connectivity index (χ2n) is 10.4.